The first kappa shape index (κ1) is 16.5. The minimum atomic E-state index is -0.736. The van der Waals surface area contributed by atoms with Crippen LogP contribution in [0.15, 0.2) is 6.07 Å². The molecular weight excluding hydrogens is 290 g/mol. The molecule has 3 rings (SSSR count). The number of hydrogen-bond acceptors (Lipinski definition) is 3. The Balaban J connectivity index is 1.70. The van der Waals surface area contributed by atoms with E-state index in [0.717, 1.165) is 25.7 Å². The van der Waals surface area contributed by atoms with Gasteiger partial charge < -0.3 is 10.4 Å². The smallest absolute Gasteiger partial charge is 0.271 e. The van der Waals surface area contributed by atoms with E-state index >= 15 is 0 Å². The van der Waals surface area contributed by atoms with Crippen LogP contribution in [0.1, 0.15) is 87.8 Å². The Hall–Kier alpha value is -1.36. The average Bonchev–Trinajstić information content (AvgIpc) is 3.22. The molecule has 0 saturated heterocycles. The van der Waals surface area contributed by atoms with Crippen LogP contribution < -0.4 is 5.32 Å². The van der Waals surface area contributed by atoms with E-state index in [2.05, 4.69) is 31.2 Å². The second kappa shape index (κ2) is 5.93. The monoisotopic (exact) mass is 319 g/mol. The fourth-order valence-electron chi connectivity index (χ4n) is 3.44. The summed E-state index contributed by atoms with van der Waals surface area (Å²) in [6.45, 7) is 6.65. The molecule has 5 heteroatoms. The van der Waals surface area contributed by atoms with Gasteiger partial charge in [0.2, 0.25) is 0 Å². The summed E-state index contributed by atoms with van der Waals surface area (Å²) in [5, 5.41) is 18.0. The summed E-state index contributed by atoms with van der Waals surface area (Å²) in [5.41, 5.74) is 0.776. The van der Waals surface area contributed by atoms with Crippen molar-refractivity contribution in [1.82, 2.24) is 15.1 Å². The number of carbonyl (C=O) groups is 1. The van der Waals surface area contributed by atoms with Crippen molar-refractivity contribution in [3.05, 3.63) is 17.5 Å². The molecule has 0 spiro atoms. The Morgan fingerprint density at radius 3 is 2.57 bits per heavy atom. The number of nitrogens with zero attached hydrogens (tertiary/aromatic N) is 2. The van der Waals surface area contributed by atoms with Gasteiger partial charge in [-0.25, -0.2) is 0 Å². The first-order chi connectivity index (χ1) is 10.8. The molecular formula is C18H29N3O2. The predicted octanol–water partition coefficient (Wildman–Crippen LogP) is 2.94. The van der Waals surface area contributed by atoms with Crippen LogP contribution in [0.5, 0.6) is 0 Å². The Labute approximate surface area is 138 Å². The molecule has 23 heavy (non-hydrogen) atoms. The molecule has 0 aromatic carbocycles. The van der Waals surface area contributed by atoms with E-state index in [4.69, 9.17) is 0 Å². The Morgan fingerprint density at radius 2 is 2.00 bits per heavy atom. The molecule has 1 heterocycles. The van der Waals surface area contributed by atoms with Crippen molar-refractivity contribution >= 4 is 5.91 Å². The topological polar surface area (TPSA) is 67.2 Å². The molecule has 2 aliphatic carbocycles. The van der Waals surface area contributed by atoms with Gasteiger partial charge in [-0.15, -0.1) is 0 Å². The zero-order valence-electron chi connectivity index (χ0n) is 14.6. The summed E-state index contributed by atoms with van der Waals surface area (Å²) in [5.74, 6) is 0.375. The van der Waals surface area contributed by atoms with E-state index in [1.54, 1.807) is 0 Å². The predicted molar refractivity (Wildman–Crippen MR) is 89.6 cm³/mol. The van der Waals surface area contributed by atoms with Crippen molar-refractivity contribution in [3.8, 4) is 0 Å². The maximum absolute atomic E-state index is 12.5. The van der Waals surface area contributed by atoms with Gasteiger partial charge in [0.15, 0.2) is 0 Å². The van der Waals surface area contributed by atoms with E-state index < -0.39 is 5.60 Å². The van der Waals surface area contributed by atoms with Crippen molar-refractivity contribution in [2.75, 3.05) is 6.54 Å². The minimum Gasteiger partial charge on any atom is -0.388 e. The van der Waals surface area contributed by atoms with Gasteiger partial charge in [-0.1, -0.05) is 19.3 Å². The molecule has 2 fully saturated rings. The summed E-state index contributed by atoms with van der Waals surface area (Å²) >= 11 is 0. The Kier molecular flexibility index (Phi) is 4.25. The zero-order chi connectivity index (χ0) is 16.7. The normalized spacial score (nSPS) is 21.2. The van der Waals surface area contributed by atoms with Crippen molar-refractivity contribution < 1.29 is 9.90 Å². The lowest BCUT2D eigenvalue weighted by molar-refractivity contribution is 0.00520. The van der Waals surface area contributed by atoms with E-state index in [1.165, 1.54) is 25.0 Å². The lowest BCUT2D eigenvalue weighted by atomic mass is 9.85. The third kappa shape index (κ3) is 3.77. The van der Waals surface area contributed by atoms with Crippen molar-refractivity contribution in [2.24, 2.45) is 0 Å². The Bertz CT molecular complexity index is 576. The van der Waals surface area contributed by atoms with Crippen LogP contribution in [-0.2, 0) is 5.54 Å². The standard InChI is InChI=1S/C18H29N3O2/c1-17(2,3)21-15(13-7-8-13)11-14(20-21)16(22)19-12-18(23)9-5-4-6-10-18/h11,13,23H,4-10,12H2,1-3H3,(H,19,22). The molecule has 0 radical (unpaired) electrons. The highest BCUT2D eigenvalue weighted by Crippen LogP contribution is 2.41. The summed E-state index contributed by atoms with van der Waals surface area (Å²) in [7, 11) is 0. The highest BCUT2D eigenvalue weighted by molar-refractivity contribution is 5.92. The molecule has 0 atom stereocenters. The molecule has 2 aliphatic rings. The Morgan fingerprint density at radius 1 is 1.35 bits per heavy atom. The quantitative estimate of drug-likeness (QED) is 0.896. The third-order valence-electron chi connectivity index (χ3n) is 4.96. The van der Waals surface area contributed by atoms with Crippen LogP contribution in [-0.4, -0.2) is 32.9 Å². The fraction of sp³-hybridized carbons (Fsp3) is 0.778. The summed E-state index contributed by atoms with van der Waals surface area (Å²) in [6, 6.07) is 1.93. The maximum atomic E-state index is 12.5. The molecule has 5 nitrogen and oxygen atoms in total. The van der Waals surface area contributed by atoms with Gasteiger partial charge in [0.1, 0.15) is 5.69 Å². The van der Waals surface area contributed by atoms with Crippen LogP contribution in [0.25, 0.3) is 0 Å². The van der Waals surface area contributed by atoms with Crippen LogP contribution >= 0.6 is 0 Å². The molecule has 0 bridgehead atoms. The van der Waals surface area contributed by atoms with Gasteiger partial charge in [-0.3, -0.25) is 9.48 Å². The maximum Gasteiger partial charge on any atom is 0.271 e. The van der Waals surface area contributed by atoms with E-state index in [0.29, 0.717) is 18.2 Å². The number of aliphatic hydroxyl groups is 1. The summed E-state index contributed by atoms with van der Waals surface area (Å²) in [6.07, 6.45) is 7.17. The summed E-state index contributed by atoms with van der Waals surface area (Å²) in [4.78, 5) is 12.5. The number of nitrogens with one attached hydrogen (secondary N) is 1. The van der Waals surface area contributed by atoms with E-state index in [-0.39, 0.29) is 11.4 Å². The van der Waals surface area contributed by atoms with Gasteiger partial charge >= 0.3 is 0 Å². The molecule has 128 valence electrons. The third-order valence-corrected chi connectivity index (χ3v) is 4.96. The van der Waals surface area contributed by atoms with Crippen LogP contribution in [0.3, 0.4) is 0 Å². The highest BCUT2D eigenvalue weighted by atomic mass is 16.3. The van der Waals surface area contributed by atoms with Crippen molar-refractivity contribution in [1.29, 1.82) is 0 Å². The van der Waals surface area contributed by atoms with Gasteiger partial charge in [0.25, 0.3) is 5.91 Å². The van der Waals surface area contributed by atoms with Crippen LogP contribution in [0.2, 0.25) is 0 Å². The zero-order valence-corrected chi connectivity index (χ0v) is 14.6. The average molecular weight is 319 g/mol. The SMILES string of the molecule is CC(C)(C)n1nc(C(=O)NCC2(O)CCCCC2)cc1C1CC1. The second-order valence-electron chi connectivity index (χ2n) is 8.28. The molecule has 0 unspecified atom stereocenters. The van der Waals surface area contributed by atoms with Gasteiger partial charge in [-0.05, 0) is 52.5 Å². The highest BCUT2D eigenvalue weighted by Gasteiger charge is 2.33. The molecule has 1 amide bonds. The first-order valence-corrected chi connectivity index (χ1v) is 8.90. The van der Waals surface area contributed by atoms with E-state index in [1.807, 2.05) is 10.7 Å². The first-order valence-electron chi connectivity index (χ1n) is 8.90. The molecule has 1 aromatic rings. The van der Waals surface area contributed by atoms with Gasteiger partial charge in [0.05, 0.1) is 11.1 Å². The molecule has 0 aliphatic heterocycles. The number of rotatable bonds is 4. The van der Waals surface area contributed by atoms with Crippen LogP contribution in [0.4, 0.5) is 0 Å². The number of amides is 1. The van der Waals surface area contributed by atoms with Crippen LogP contribution in [0, 0.1) is 0 Å². The number of hydrogen-bond donors (Lipinski definition) is 2. The second-order valence-corrected chi connectivity index (χ2v) is 8.28. The molecule has 1 aromatic heterocycles. The molecule has 2 N–H and O–H groups in total. The largest absolute Gasteiger partial charge is 0.388 e. The lowest BCUT2D eigenvalue weighted by Gasteiger charge is -2.31. The fourth-order valence-corrected chi connectivity index (χ4v) is 3.44. The summed E-state index contributed by atoms with van der Waals surface area (Å²) < 4.78 is 1.99. The molecule has 2 saturated carbocycles. The number of carbonyl (C=O) groups excluding carboxylic acids is 1. The van der Waals surface area contributed by atoms with Gasteiger partial charge in [0, 0.05) is 18.2 Å². The van der Waals surface area contributed by atoms with Crippen molar-refractivity contribution in [3.63, 3.8) is 0 Å². The lowest BCUT2D eigenvalue weighted by Crippen LogP contribution is -2.44. The number of aromatic nitrogens is 2. The van der Waals surface area contributed by atoms with Crippen molar-refractivity contribution in [2.45, 2.75) is 82.8 Å². The van der Waals surface area contributed by atoms with Gasteiger partial charge in [-0.2, -0.15) is 5.10 Å². The minimum absolute atomic E-state index is 0.127. The van der Waals surface area contributed by atoms with E-state index in [9.17, 15) is 9.90 Å².